The average molecular weight is 535 g/mol. The second kappa shape index (κ2) is 13.0. The van der Waals surface area contributed by atoms with Crippen molar-refractivity contribution < 1.29 is 4.79 Å². The molecule has 0 unspecified atom stereocenters. The largest absolute Gasteiger partial charge is 0.294 e. The number of benzene rings is 1. The third-order valence-electron chi connectivity index (χ3n) is 10.9. The zero-order chi connectivity index (χ0) is 25.7. The van der Waals surface area contributed by atoms with Crippen molar-refractivity contribution in [3.63, 3.8) is 0 Å². The summed E-state index contributed by atoms with van der Waals surface area (Å²) in [4.78, 5) is 20.8. The Kier molecular flexibility index (Phi) is 9.21. The minimum atomic E-state index is -0.234. The minimum Gasteiger partial charge on any atom is -0.294 e. The van der Waals surface area contributed by atoms with Gasteiger partial charge >= 0.3 is 0 Å². The molecule has 0 saturated heterocycles. The van der Waals surface area contributed by atoms with Crippen LogP contribution in [0, 0.1) is 11.8 Å². The van der Waals surface area contributed by atoms with Gasteiger partial charge in [0.25, 0.3) is 0 Å². The molecule has 4 heteroatoms. The number of amides is 1. The molecule has 1 heterocycles. The van der Waals surface area contributed by atoms with E-state index < -0.39 is 0 Å². The Bertz CT molecular complexity index is 920. The molecular formula is C34H51N2OP. The Labute approximate surface area is 233 Å². The van der Waals surface area contributed by atoms with E-state index in [1.165, 1.54) is 140 Å². The second-order valence-electron chi connectivity index (χ2n) is 13.3. The molecule has 38 heavy (non-hydrogen) atoms. The molecule has 6 rings (SSSR count). The molecular weight excluding hydrogens is 483 g/mol. The number of rotatable bonds is 7. The molecule has 4 fully saturated rings. The summed E-state index contributed by atoms with van der Waals surface area (Å²) in [6.45, 7) is 0. The van der Waals surface area contributed by atoms with Gasteiger partial charge in [0.1, 0.15) is 5.84 Å². The van der Waals surface area contributed by atoms with Crippen molar-refractivity contribution in [2.45, 2.75) is 152 Å². The van der Waals surface area contributed by atoms with Crippen LogP contribution in [0.2, 0.25) is 0 Å². The monoisotopic (exact) mass is 534 g/mol. The van der Waals surface area contributed by atoms with Crippen molar-refractivity contribution >= 4 is 25.5 Å². The van der Waals surface area contributed by atoms with Crippen LogP contribution in [0.3, 0.4) is 0 Å². The van der Waals surface area contributed by atoms with E-state index in [1.54, 1.807) is 5.30 Å². The standard InChI is InChI=1S/C34H51N2OP/c37-25-36-33(27-17-7-2-8-18-27)32(26-15-5-1-6-16-26)35-34(36)30-23-13-14-24-31(30)38(28-19-9-3-10-20-28)29-21-11-4-12-22-29/h13-14,23-29,32-33H,1-12,15-22H2/t32-,33-/m1/s1. The normalized spacial score (nSPS) is 29.1. The summed E-state index contributed by atoms with van der Waals surface area (Å²) in [6, 6.07) is 9.93. The summed E-state index contributed by atoms with van der Waals surface area (Å²) in [5.74, 6) is 2.33. The van der Waals surface area contributed by atoms with E-state index in [1.807, 2.05) is 0 Å². The van der Waals surface area contributed by atoms with Crippen LogP contribution < -0.4 is 5.30 Å². The number of carbonyl (C=O) groups excluding carboxylic acids is 1. The highest BCUT2D eigenvalue weighted by atomic mass is 31.1. The van der Waals surface area contributed by atoms with Crippen LogP contribution in [0.4, 0.5) is 0 Å². The van der Waals surface area contributed by atoms with E-state index in [0.717, 1.165) is 17.2 Å². The summed E-state index contributed by atoms with van der Waals surface area (Å²) in [5, 5.41) is 1.60. The number of hydrogen-bond acceptors (Lipinski definition) is 2. The molecule has 208 valence electrons. The molecule has 2 atom stereocenters. The fourth-order valence-electron chi connectivity index (χ4n) is 9.06. The fourth-order valence-corrected chi connectivity index (χ4v) is 13.0. The maximum Gasteiger partial charge on any atom is 0.215 e. The lowest BCUT2D eigenvalue weighted by Crippen LogP contribution is -2.48. The molecule has 1 aromatic rings. The molecule has 1 amide bonds. The smallest absolute Gasteiger partial charge is 0.215 e. The van der Waals surface area contributed by atoms with Gasteiger partial charge in [-0.25, -0.2) is 0 Å². The predicted octanol–water partition coefficient (Wildman–Crippen LogP) is 8.58. The van der Waals surface area contributed by atoms with Gasteiger partial charge in [-0.15, -0.1) is 0 Å². The molecule has 0 N–H and O–H groups in total. The van der Waals surface area contributed by atoms with Gasteiger partial charge in [-0.3, -0.25) is 14.7 Å². The van der Waals surface area contributed by atoms with Gasteiger partial charge in [-0.2, -0.15) is 0 Å². The van der Waals surface area contributed by atoms with Crippen molar-refractivity contribution in [2.24, 2.45) is 16.8 Å². The molecule has 1 aliphatic heterocycles. The number of hydrogen-bond donors (Lipinski definition) is 0. The zero-order valence-electron chi connectivity index (χ0n) is 23.7. The molecule has 0 radical (unpaired) electrons. The highest BCUT2D eigenvalue weighted by Crippen LogP contribution is 2.55. The zero-order valence-corrected chi connectivity index (χ0v) is 24.6. The first-order valence-electron chi connectivity index (χ1n) is 16.5. The Hall–Kier alpha value is -1.21. The molecule has 0 aromatic heterocycles. The third kappa shape index (κ3) is 5.66. The lowest BCUT2D eigenvalue weighted by Gasteiger charge is -2.40. The second-order valence-corrected chi connectivity index (χ2v) is 16.0. The molecule has 3 nitrogen and oxygen atoms in total. The van der Waals surface area contributed by atoms with Crippen molar-refractivity contribution in [2.75, 3.05) is 0 Å². The SMILES string of the molecule is O=CN1C(c2ccccc2P(C2CCCCC2)C2CCCCC2)=N[C@H](C2CCCCC2)[C@H]1C1CCCCC1. The van der Waals surface area contributed by atoms with Crippen LogP contribution in [0.25, 0.3) is 0 Å². The predicted molar refractivity (Wildman–Crippen MR) is 162 cm³/mol. The lowest BCUT2D eigenvalue weighted by atomic mass is 9.74. The maximum atomic E-state index is 13.0. The van der Waals surface area contributed by atoms with Crippen LogP contribution in [-0.4, -0.2) is 40.5 Å². The molecule has 4 saturated carbocycles. The molecule has 0 spiro atoms. The quantitative estimate of drug-likeness (QED) is 0.255. The Morgan fingerprint density at radius 1 is 0.658 bits per heavy atom. The number of carbonyl (C=O) groups is 1. The average Bonchev–Trinajstić information content (AvgIpc) is 3.39. The van der Waals surface area contributed by atoms with Gasteiger partial charge < -0.3 is 0 Å². The third-order valence-corrected chi connectivity index (χ3v) is 14.5. The molecule has 5 aliphatic rings. The maximum absolute atomic E-state index is 13.0. The number of aliphatic imine (C=N–C) groups is 1. The van der Waals surface area contributed by atoms with Crippen LogP contribution >= 0.6 is 7.92 Å². The van der Waals surface area contributed by atoms with E-state index in [0.29, 0.717) is 17.9 Å². The van der Waals surface area contributed by atoms with Crippen LogP contribution in [0.1, 0.15) is 134 Å². The molecule has 4 aliphatic carbocycles. The number of amidine groups is 1. The van der Waals surface area contributed by atoms with Gasteiger partial charge in [0, 0.05) is 5.56 Å². The Balaban J connectivity index is 1.39. The topological polar surface area (TPSA) is 32.7 Å². The van der Waals surface area contributed by atoms with E-state index in [-0.39, 0.29) is 14.0 Å². The van der Waals surface area contributed by atoms with E-state index in [2.05, 4.69) is 29.2 Å². The van der Waals surface area contributed by atoms with Crippen molar-refractivity contribution in [1.82, 2.24) is 4.90 Å². The lowest BCUT2D eigenvalue weighted by molar-refractivity contribution is -0.117. The Morgan fingerprint density at radius 2 is 1.16 bits per heavy atom. The Morgan fingerprint density at radius 3 is 1.71 bits per heavy atom. The molecule has 1 aromatic carbocycles. The summed E-state index contributed by atoms with van der Waals surface area (Å²) in [6.07, 6.45) is 28.6. The van der Waals surface area contributed by atoms with Crippen molar-refractivity contribution in [1.29, 1.82) is 0 Å². The summed E-state index contributed by atoms with van der Waals surface area (Å²) < 4.78 is 0. The van der Waals surface area contributed by atoms with Gasteiger partial charge in [-0.05, 0) is 79.8 Å². The van der Waals surface area contributed by atoms with Crippen LogP contribution in [0.15, 0.2) is 29.3 Å². The van der Waals surface area contributed by atoms with Gasteiger partial charge in [-0.1, -0.05) is 109 Å². The number of nitrogens with zero attached hydrogens (tertiary/aromatic N) is 2. The highest BCUT2D eigenvalue weighted by molar-refractivity contribution is 7.67. The summed E-state index contributed by atoms with van der Waals surface area (Å²) in [7, 11) is -0.234. The van der Waals surface area contributed by atoms with Crippen LogP contribution in [0.5, 0.6) is 0 Å². The van der Waals surface area contributed by atoms with Crippen molar-refractivity contribution in [3.05, 3.63) is 29.8 Å². The van der Waals surface area contributed by atoms with Crippen LogP contribution in [-0.2, 0) is 4.79 Å². The first-order valence-corrected chi connectivity index (χ1v) is 18.0. The summed E-state index contributed by atoms with van der Waals surface area (Å²) in [5.41, 5.74) is 3.05. The van der Waals surface area contributed by atoms with E-state index in [4.69, 9.17) is 4.99 Å². The van der Waals surface area contributed by atoms with Gasteiger partial charge in [0.2, 0.25) is 6.41 Å². The van der Waals surface area contributed by atoms with E-state index in [9.17, 15) is 4.79 Å². The highest BCUT2D eigenvalue weighted by Gasteiger charge is 2.46. The first-order chi connectivity index (χ1) is 18.8. The van der Waals surface area contributed by atoms with E-state index >= 15 is 0 Å². The fraction of sp³-hybridized carbons (Fsp3) is 0.765. The van der Waals surface area contributed by atoms with Gasteiger partial charge in [0.05, 0.1) is 12.1 Å². The first kappa shape index (κ1) is 27.0. The molecule has 0 bridgehead atoms. The summed E-state index contributed by atoms with van der Waals surface area (Å²) >= 11 is 0. The van der Waals surface area contributed by atoms with Gasteiger partial charge in [0.15, 0.2) is 0 Å². The van der Waals surface area contributed by atoms with Crippen molar-refractivity contribution in [3.8, 4) is 0 Å². The minimum absolute atomic E-state index is 0.234.